The van der Waals surface area contributed by atoms with Crippen molar-refractivity contribution < 1.29 is 9.53 Å². The number of pyridine rings is 1. The molecule has 0 saturated carbocycles. The third kappa shape index (κ3) is 4.70. The topological polar surface area (TPSA) is 57.7 Å². The number of nitrogens with zero attached hydrogens (tertiary/aromatic N) is 3. The summed E-state index contributed by atoms with van der Waals surface area (Å²) in [6, 6.07) is 12.2. The van der Waals surface area contributed by atoms with Crippen LogP contribution >= 0.6 is 0 Å². The van der Waals surface area contributed by atoms with Crippen LogP contribution < -0.4 is 10.2 Å². The van der Waals surface area contributed by atoms with Gasteiger partial charge in [-0.2, -0.15) is 0 Å². The predicted octanol–water partition coefficient (Wildman–Crippen LogP) is 4.11. The van der Waals surface area contributed by atoms with Crippen molar-refractivity contribution in [2.75, 3.05) is 36.4 Å². The summed E-state index contributed by atoms with van der Waals surface area (Å²) >= 11 is 0. The van der Waals surface area contributed by atoms with Gasteiger partial charge in [0.1, 0.15) is 0 Å². The minimum Gasteiger partial charge on any atom is -0.372 e. The van der Waals surface area contributed by atoms with Crippen molar-refractivity contribution in [1.82, 2.24) is 9.88 Å². The summed E-state index contributed by atoms with van der Waals surface area (Å²) in [4.78, 5) is 21.3. The minimum absolute atomic E-state index is 0.0139. The number of hydrogen-bond acceptors (Lipinski definition) is 4. The first-order valence-electron chi connectivity index (χ1n) is 10.6. The Bertz CT molecular complexity index is 811. The molecule has 2 aromatic rings. The number of morpholine rings is 1. The number of urea groups is 1. The summed E-state index contributed by atoms with van der Waals surface area (Å²) in [7, 11) is 0. The molecule has 3 heterocycles. The highest BCUT2D eigenvalue weighted by molar-refractivity contribution is 5.93. The maximum absolute atomic E-state index is 12.9. The quantitative estimate of drug-likeness (QED) is 0.851. The summed E-state index contributed by atoms with van der Waals surface area (Å²) in [6.07, 6.45) is 6.01. The molecule has 2 saturated heterocycles. The number of hydrogen-bond donors (Lipinski definition) is 1. The fourth-order valence-electron chi connectivity index (χ4n) is 4.48. The van der Waals surface area contributed by atoms with Crippen molar-refractivity contribution in [3.63, 3.8) is 0 Å². The lowest BCUT2D eigenvalue weighted by Gasteiger charge is -2.38. The second-order valence-electron chi connectivity index (χ2n) is 8.15. The molecule has 2 aliphatic heterocycles. The average molecular weight is 395 g/mol. The Labute approximate surface area is 172 Å². The smallest absolute Gasteiger partial charge is 0.321 e. The van der Waals surface area contributed by atoms with Gasteiger partial charge >= 0.3 is 6.03 Å². The number of piperidine rings is 1. The molecule has 2 amide bonds. The van der Waals surface area contributed by atoms with Gasteiger partial charge in [0.25, 0.3) is 0 Å². The van der Waals surface area contributed by atoms with Gasteiger partial charge in [0.05, 0.1) is 23.6 Å². The van der Waals surface area contributed by atoms with Crippen molar-refractivity contribution in [3.8, 4) is 0 Å². The molecule has 0 aliphatic carbocycles. The van der Waals surface area contributed by atoms with E-state index >= 15 is 0 Å². The highest BCUT2D eigenvalue weighted by Gasteiger charge is 2.26. The van der Waals surface area contributed by atoms with Gasteiger partial charge in [-0.05, 0) is 62.4 Å². The molecule has 2 aliphatic rings. The minimum atomic E-state index is -0.0139. The summed E-state index contributed by atoms with van der Waals surface area (Å²) in [5, 5.41) is 3.16. The summed E-state index contributed by atoms with van der Waals surface area (Å²) in [6.45, 7) is 7.38. The number of aromatic nitrogens is 1. The van der Waals surface area contributed by atoms with Crippen molar-refractivity contribution >= 4 is 17.4 Å². The number of nitrogens with one attached hydrogen (secondary N) is 1. The molecule has 6 heteroatoms. The zero-order valence-corrected chi connectivity index (χ0v) is 17.3. The lowest BCUT2D eigenvalue weighted by atomic mass is 9.90. The summed E-state index contributed by atoms with van der Waals surface area (Å²) in [5.74, 6) is 0.505. The van der Waals surface area contributed by atoms with Crippen LogP contribution in [-0.4, -0.2) is 54.3 Å². The molecular weight excluding hydrogens is 364 g/mol. The monoisotopic (exact) mass is 394 g/mol. The standard InChI is InChI=1S/C23H30N4O2/c1-17-15-27(16-18(2)29-17)22-6-4-3-5-21(22)25-23(28)26-13-9-20(10-14-26)19-7-11-24-12-8-19/h3-8,11-12,17-18,20H,9-10,13-16H2,1-2H3,(H,25,28). The maximum atomic E-state index is 12.9. The predicted molar refractivity (Wildman–Crippen MR) is 115 cm³/mol. The van der Waals surface area contributed by atoms with Crippen molar-refractivity contribution in [1.29, 1.82) is 0 Å². The molecule has 2 atom stereocenters. The number of amides is 2. The Balaban J connectivity index is 1.39. The van der Waals surface area contributed by atoms with Gasteiger partial charge < -0.3 is 19.9 Å². The van der Waals surface area contributed by atoms with Crippen LogP contribution in [0, 0.1) is 0 Å². The third-order valence-electron chi connectivity index (χ3n) is 5.87. The largest absolute Gasteiger partial charge is 0.372 e. The molecule has 6 nitrogen and oxygen atoms in total. The van der Waals surface area contributed by atoms with Crippen molar-refractivity contribution in [2.24, 2.45) is 0 Å². The van der Waals surface area contributed by atoms with E-state index in [-0.39, 0.29) is 18.2 Å². The number of ether oxygens (including phenoxy) is 1. The highest BCUT2D eigenvalue weighted by Crippen LogP contribution is 2.30. The molecule has 1 aromatic heterocycles. The number of carbonyl (C=O) groups is 1. The van der Waals surface area contributed by atoms with E-state index in [4.69, 9.17) is 4.74 Å². The molecule has 0 bridgehead atoms. The zero-order valence-electron chi connectivity index (χ0n) is 17.3. The molecule has 4 rings (SSSR count). The van der Waals surface area contributed by atoms with Crippen LogP contribution in [0.4, 0.5) is 16.2 Å². The van der Waals surface area contributed by atoms with Gasteiger partial charge in [-0.15, -0.1) is 0 Å². The van der Waals surface area contributed by atoms with E-state index in [0.29, 0.717) is 5.92 Å². The normalized spacial score (nSPS) is 23.1. The van der Waals surface area contributed by atoms with Crippen LogP contribution in [0.15, 0.2) is 48.8 Å². The zero-order chi connectivity index (χ0) is 20.2. The first kappa shape index (κ1) is 19.7. The second-order valence-corrected chi connectivity index (χ2v) is 8.15. The number of carbonyl (C=O) groups excluding carboxylic acids is 1. The number of anilines is 2. The van der Waals surface area contributed by atoms with E-state index in [0.717, 1.165) is 50.4 Å². The number of para-hydroxylation sites is 2. The molecule has 0 radical (unpaired) electrons. The van der Waals surface area contributed by atoms with Gasteiger partial charge in [-0.3, -0.25) is 4.98 Å². The van der Waals surface area contributed by atoms with Crippen LogP contribution in [0.2, 0.25) is 0 Å². The SMILES string of the molecule is CC1CN(c2ccccc2NC(=O)N2CCC(c3ccncc3)CC2)CC(C)O1. The molecule has 0 spiro atoms. The fourth-order valence-corrected chi connectivity index (χ4v) is 4.48. The van der Waals surface area contributed by atoms with Gasteiger partial charge in [-0.25, -0.2) is 4.79 Å². The first-order chi connectivity index (χ1) is 14.1. The lowest BCUT2D eigenvalue weighted by molar-refractivity contribution is -0.00517. The van der Waals surface area contributed by atoms with Gasteiger partial charge in [0.15, 0.2) is 0 Å². The van der Waals surface area contributed by atoms with Crippen LogP contribution in [-0.2, 0) is 4.74 Å². The number of rotatable bonds is 3. The van der Waals surface area contributed by atoms with Gasteiger partial charge in [0, 0.05) is 38.6 Å². The number of likely N-dealkylation sites (tertiary alicyclic amines) is 1. The fraction of sp³-hybridized carbons (Fsp3) is 0.478. The third-order valence-corrected chi connectivity index (χ3v) is 5.87. The van der Waals surface area contributed by atoms with E-state index in [1.54, 1.807) is 0 Å². The molecule has 1 N–H and O–H groups in total. The van der Waals surface area contributed by atoms with Gasteiger partial charge in [0.2, 0.25) is 0 Å². The van der Waals surface area contributed by atoms with E-state index in [9.17, 15) is 4.79 Å². The Morgan fingerprint density at radius 2 is 1.69 bits per heavy atom. The maximum Gasteiger partial charge on any atom is 0.321 e. The summed E-state index contributed by atoms with van der Waals surface area (Å²) in [5.41, 5.74) is 3.26. The number of benzene rings is 1. The van der Waals surface area contributed by atoms with Crippen molar-refractivity contribution in [2.45, 2.75) is 44.8 Å². The Hall–Kier alpha value is -2.60. The van der Waals surface area contributed by atoms with E-state index in [1.165, 1.54) is 5.56 Å². The molecule has 1 aromatic carbocycles. The second kappa shape index (κ2) is 8.82. The van der Waals surface area contributed by atoms with Crippen molar-refractivity contribution in [3.05, 3.63) is 54.4 Å². The van der Waals surface area contributed by atoms with Gasteiger partial charge in [-0.1, -0.05) is 12.1 Å². The molecule has 2 fully saturated rings. The van der Waals surface area contributed by atoms with E-state index in [2.05, 4.69) is 47.2 Å². The summed E-state index contributed by atoms with van der Waals surface area (Å²) < 4.78 is 5.86. The van der Waals surface area contributed by atoms with E-state index < -0.39 is 0 Å². The van der Waals surface area contributed by atoms with Crippen LogP contribution in [0.3, 0.4) is 0 Å². The molecule has 2 unspecified atom stereocenters. The highest BCUT2D eigenvalue weighted by atomic mass is 16.5. The van der Waals surface area contributed by atoms with Crippen LogP contribution in [0.25, 0.3) is 0 Å². The Morgan fingerprint density at radius 1 is 1.03 bits per heavy atom. The lowest BCUT2D eigenvalue weighted by Crippen LogP contribution is -2.46. The van der Waals surface area contributed by atoms with Crippen LogP contribution in [0.1, 0.15) is 38.2 Å². The first-order valence-corrected chi connectivity index (χ1v) is 10.6. The average Bonchev–Trinajstić information content (AvgIpc) is 2.74. The molecule has 154 valence electrons. The van der Waals surface area contributed by atoms with Crippen LogP contribution in [0.5, 0.6) is 0 Å². The Kier molecular flexibility index (Phi) is 6.00. The molecule has 29 heavy (non-hydrogen) atoms. The van der Waals surface area contributed by atoms with E-state index in [1.807, 2.05) is 35.5 Å². The Morgan fingerprint density at radius 3 is 2.38 bits per heavy atom. The molecular formula is C23H30N4O2.